The van der Waals surface area contributed by atoms with Crippen LogP contribution in [-0.2, 0) is 24.2 Å². The smallest absolute Gasteiger partial charge is 0.307 e. The Kier molecular flexibility index (Phi) is 4.18. The van der Waals surface area contributed by atoms with Gasteiger partial charge in [0.15, 0.2) is 0 Å². The van der Waals surface area contributed by atoms with Crippen molar-refractivity contribution < 1.29 is 23.8 Å². The van der Waals surface area contributed by atoms with Gasteiger partial charge in [-0.25, -0.2) is 4.39 Å². The summed E-state index contributed by atoms with van der Waals surface area (Å²) in [6, 6.07) is 9.77. The summed E-state index contributed by atoms with van der Waals surface area (Å²) < 4.78 is 25.4. The van der Waals surface area contributed by atoms with Crippen LogP contribution in [-0.4, -0.2) is 16.7 Å². The molecule has 0 atom stereocenters. The van der Waals surface area contributed by atoms with E-state index in [0.717, 1.165) is 5.56 Å². The Morgan fingerprint density at radius 1 is 1.29 bits per heavy atom. The first-order chi connectivity index (χ1) is 11.3. The number of halogens is 1. The summed E-state index contributed by atoms with van der Waals surface area (Å²) in [5.74, 6) is 0.118. The molecule has 0 saturated carbocycles. The predicted molar refractivity (Wildman–Crippen MR) is 86.9 cm³/mol. The molecule has 1 aliphatic rings. The molecule has 4 nitrogen and oxygen atoms in total. The molecule has 2 aromatic rings. The molecular formula is C19H19FO4. The zero-order valence-corrected chi connectivity index (χ0v) is 13.6. The second-order valence-corrected chi connectivity index (χ2v) is 6.59. The van der Waals surface area contributed by atoms with E-state index in [9.17, 15) is 9.18 Å². The van der Waals surface area contributed by atoms with E-state index < -0.39 is 5.97 Å². The molecule has 0 bridgehead atoms. The lowest BCUT2D eigenvalue weighted by molar-refractivity contribution is -0.136. The Bertz CT molecular complexity index is 766. The maximum absolute atomic E-state index is 13.8. The highest BCUT2D eigenvalue weighted by molar-refractivity contribution is 5.70. The zero-order chi connectivity index (χ0) is 17.3. The molecule has 0 aromatic heterocycles. The van der Waals surface area contributed by atoms with Gasteiger partial charge in [0.2, 0.25) is 0 Å². The van der Waals surface area contributed by atoms with Crippen molar-refractivity contribution in [2.75, 3.05) is 0 Å². The third-order valence-corrected chi connectivity index (χ3v) is 3.88. The molecule has 5 heteroatoms. The predicted octanol–water partition coefficient (Wildman–Crippen LogP) is 3.75. The summed E-state index contributed by atoms with van der Waals surface area (Å²) >= 11 is 0. The van der Waals surface area contributed by atoms with Crippen molar-refractivity contribution in [3.05, 3.63) is 58.9 Å². The van der Waals surface area contributed by atoms with Gasteiger partial charge in [-0.15, -0.1) is 0 Å². The first-order valence-electron chi connectivity index (χ1n) is 7.76. The minimum absolute atomic E-state index is 0.0272. The van der Waals surface area contributed by atoms with Crippen LogP contribution in [0.4, 0.5) is 4.39 Å². The molecule has 0 spiro atoms. The molecule has 126 valence electrons. The number of carbonyl (C=O) groups is 1. The molecule has 0 aliphatic carbocycles. The average molecular weight is 330 g/mol. The van der Waals surface area contributed by atoms with Gasteiger partial charge >= 0.3 is 5.97 Å². The Labute approximate surface area is 139 Å². The fraction of sp³-hybridized carbons (Fsp3) is 0.316. The summed E-state index contributed by atoms with van der Waals surface area (Å²) in [5, 5.41) is 8.77. The lowest BCUT2D eigenvalue weighted by Crippen LogP contribution is -2.25. The van der Waals surface area contributed by atoms with Gasteiger partial charge in [-0.2, -0.15) is 0 Å². The van der Waals surface area contributed by atoms with Gasteiger partial charge < -0.3 is 14.6 Å². The van der Waals surface area contributed by atoms with Crippen molar-refractivity contribution in [2.45, 2.75) is 38.9 Å². The number of benzene rings is 2. The molecule has 1 heterocycles. The number of hydrogen-bond donors (Lipinski definition) is 1. The van der Waals surface area contributed by atoms with Crippen LogP contribution < -0.4 is 9.47 Å². The number of fused-ring (bicyclic) bond motifs is 1. The monoisotopic (exact) mass is 330 g/mol. The molecule has 2 aromatic carbocycles. The highest BCUT2D eigenvalue weighted by Crippen LogP contribution is 2.38. The van der Waals surface area contributed by atoms with Gasteiger partial charge in [0, 0.05) is 17.5 Å². The minimum atomic E-state index is -0.876. The molecule has 1 N–H and O–H groups in total. The van der Waals surface area contributed by atoms with E-state index in [4.69, 9.17) is 14.6 Å². The highest BCUT2D eigenvalue weighted by Gasteiger charge is 2.32. The Hall–Kier alpha value is -2.56. The average Bonchev–Trinajstić information content (AvgIpc) is 2.79. The quantitative estimate of drug-likeness (QED) is 0.907. The molecule has 24 heavy (non-hydrogen) atoms. The maximum atomic E-state index is 13.8. The van der Waals surface area contributed by atoms with Crippen molar-refractivity contribution in [3.63, 3.8) is 0 Å². The standard InChI is InChI=1S/C19H19FO4/c1-19(2)10-13-8-15(20)9-14(18(13)24-19)11-23-16-5-3-12(4-6-16)7-17(21)22/h3-6,8-9H,7,10-11H2,1-2H3,(H,21,22). The summed E-state index contributed by atoms with van der Waals surface area (Å²) in [7, 11) is 0. The molecular weight excluding hydrogens is 311 g/mol. The van der Waals surface area contributed by atoms with Crippen LogP contribution in [0.3, 0.4) is 0 Å². The van der Waals surface area contributed by atoms with Crippen molar-refractivity contribution in [3.8, 4) is 11.5 Å². The van der Waals surface area contributed by atoms with Crippen LogP contribution in [0.1, 0.15) is 30.5 Å². The molecule has 3 rings (SSSR count). The summed E-state index contributed by atoms with van der Waals surface area (Å²) in [6.07, 6.45) is 0.636. The Morgan fingerprint density at radius 3 is 2.67 bits per heavy atom. The van der Waals surface area contributed by atoms with Gasteiger partial charge in [0.25, 0.3) is 0 Å². The van der Waals surface area contributed by atoms with Crippen molar-refractivity contribution >= 4 is 5.97 Å². The van der Waals surface area contributed by atoms with Crippen LogP contribution in [0.25, 0.3) is 0 Å². The van der Waals surface area contributed by atoms with E-state index in [1.807, 2.05) is 13.8 Å². The summed E-state index contributed by atoms with van der Waals surface area (Å²) in [4.78, 5) is 10.7. The van der Waals surface area contributed by atoms with Crippen LogP contribution >= 0.6 is 0 Å². The fourth-order valence-electron chi connectivity index (χ4n) is 2.89. The van der Waals surface area contributed by atoms with E-state index in [1.54, 1.807) is 24.3 Å². The van der Waals surface area contributed by atoms with Crippen molar-refractivity contribution in [1.82, 2.24) is 0 Å². The number of carboxylic acids is 1. The zero-order valence-electron chi connectivity index (χ0n) is 13.6. The van der Waals surface area contributed by atoms with Crippen LogP contribution in [0.5, 0.6) is 11.5 Å². The molecule has 1 aliphatic heterocycles. The Balaban J connectivity index is 1.73. The van der Waals surface area contributed by atoms with Gasteiger partial charge in [0.1, 0.15) is 29.5 Å². The molecule has 0 fully saturated rings. The van der Waals surface area contributed by atoms with Gasteiger partial charge in [0.05, 0.1) is 6.42 Å². The van der Waals surface area contributed by atoms with E-state index in [2.05, 4.69) is 0 Å². The van der Waals surface area contributed by atoms with E-state index >= 15 is 0 Å². The SMILES string of the molecule is CC1(C)Cc2cc(F)cc(COc3ccc(CC(=O)O)cc3)c2O1. The molecule has 0 amide bonds. The van der Waals surface area contributed by atoms with Crippen molar-refractivity contribution in [1.29, 1.82) is 0 Å². The van der Waals surface area contributed by atoms with Crippen LogP contribution in [0.15, 0.2) is 36.4 Å². The number of ether oxygens (including phenoxy) is 2. The first-order valence-corrected chi connectivity index (χ1v) is 7.76. The second-order valence-electron chi connectivity index (χ2n) is 6.59. The van der Waals surface area contributed by atoms with E-state index in [0.29, 0.717) is 29.0 Å². The van der Waals surface area contributed by atoms with Gasteiger partial charge in [-0.1, -0.05) is 12.1 Å². The lowest BCUT2D eigenvalue weighted by atomic mass is 10.0. The second kappa shape index (κ2) is 6.15. The number of hydrogen-bond acceptors (Lipinski definition) is 3. The van der Waals surface area contributed by atoms with Gasteiger partial charge in [-0.05, 0) is 43.7 Å². The summed E-state index contributed by atoms with van der Waals surface area (Å²) in [5.41, 5.74) is 1.88. The molecule has 0 saturated heterocycles. The molecule has 0 radical (unpaired) electrons. The number of aliphatic carboxylic acids is 1. The lowest BCUT2D eigenvalue weighted by Gasteiger charge is -2.18. The van der Waals surface area contributed by atoms with Crippen LogP contribution in [0.2, 0.25) is 0 Å². The topological polar surface area (TPSA) is 55.8 Å². The summed E-state index contributed by atoms with van der Waals surface area (Å²) in [6.45, 7) is 4.13. The largest absolute Gasteiger partial charge is 0.489 e. The van der Waals surface area contributed by atoms with E-state index in [-0.39, 0.29) is 24.4 Å². The third-order valence-electron chi connectivity index (χ3n) is 3.88. The normalized spacial score (nSPS) is 14.8. The van der Waals surface area contributed by atoms with Gasteiger partial charge in [-0.3, -0.25) is 4.79 Å². The fourth-order valence-corrected chi connectivity index (χ4v) is 2.89. The van der Waals surface area contributed by atoms with Crippen LogP contribution in [0, 0.1) is 5.82 Å². The number of carboxylic acid groups (broad SMARTS) is 1. The van der Waals surface area contributed by atoms with E-state index in [1.165, 1.54) is 12.1 Å². The maximum Gasteiger partial charge on any atom is 0.307 e. The van der Waals surface area contributed by atoms with Crippen molar-refractivity contribution in [2.24, 2.45) is 0 Å². The third kappa shape index (κ3) is 3.67. The Morgan fingerprint density at radius 2 is 2.00 bits per heavy atom. The number of rotatable bonds is 5. The minimum Gasteiger partial charge on any atom is -0.489 e. The highest BCUT2D eigenvalue weighted by atomic mass is 19.1. The molecule has 0 unspecified atom stereocenters. The first kappa shape index (κ1) is 16.3.